The van der Waals surface area contributed by atoms with E-state index in [-0.39, 0.29) is 35.7 Å². The molecule has 6 aromatic heterocycles. The quantitative estimate of drug-likeness (QED) is 0.0973. The second-order valence-electron chi connectivity index (χ2n) is 17.2. The van der Waals surface area contributed by atoms with E-state index in [4.69, 9.17) is 24.8 Å². The van der Waals surface area contributed by atoms with Crippen LogP contribution in [0, 0.1) is 0 Å². The van der Waals surface area contributed by atoms with Crippen LogP contribution in [0.2, 0.25) is 0 Å². The fraction of sp³-hybridized carbons (Fsp3) is 0.204. The molecule has 1 aliphatic heterocycles. The Labute approximate surface area is 421 Å². The SMILES string of the molecule is CCCCc1nc2cccnc2n1Cc1ccc2nc(-c3ccccc3C(=O)ON3c4cccnc4N(Cc4ccc5nc(-c6ccccc6-c6nnn[nH]6)ccc5c4)C3CCCC)ccc2c1.[NaH]. The van der Waals surface area contributed by atoms with E-state index in [1.807, 2.05) is 91.1 Å². The van der Waals surface area contributed by atoms with Gasteiger partial charge in [0.15, 0.2) is 17.3 Å². The zero-order valence-electron chi connectivity index (χ0n) is 37.8. The molecule has 0 bridgehead atoms. The maximum absolute atomic E-state index is 14.5. The summed E-state index contributed by atoms with van der Waals surface area (Å²) in [5.41, 5.74) is 10.9. The molecule has 338 valence electrons. The molecule has 1 aliphatic rings. The number of hydrogen-bond acceptors (Lipinski definition) is 12. The number of carbonyl (C=O) groups is 1. The maximum atomic E-state index is 14.5. The standard InChI is InChI=1S/C54H48N12O2.Na.H/c1-3-5-19-49-59-47-17-11-29-55-52(47)64(49)33-35-21-25-44-37(31-35)24-28-46(58-44)40-14-8-10-16-42(40)54(67)68-66-48-18-12-30-56-53(48)65(50(66)20-6-4-2)34-36-22-26-43-38(32-36)23-27-45(57-43)39-13-7-9-15-41(39)51-60-62-63-61-51;;/h7-18,21-32,50H,3-6,19-20,33-34H2,1-2H3,(H,60,61,62,63);;. The minimum atomic E-state index is -0.468. The van der Waals surface area contributed by atoms with E-state index in [1.54, 1.807) is 11.3 Å². The number of hydrogen-bond donors (Lipinski definition) is 1. The van der Waals surface area contributed by atoms with Gasteiger partial charge in [-0.25, -0.2) is 34.8 Å². The Kier molecular flexibility index (Phi) is 13.2. The van der Waals surface area contributed by atoms with E-state index in [1.165, 1.54) is 0 Å². The second-order valence-corrected chi connectivity index (χ2v) is 17.2. The number of nitrogens with one attached hydrogen (secondary N) is 1. The Hall–Kier alpha value is -7.39. The summed E-state index contributed by atoms with van der Waals surface area (Å²) in [5, 5.41) is 18.3. The number of pyridine rings is 4. The number of aryl methyl sites for hydroxylation is 1. The van der Waals surface area contributed by atoms with Crippen LogP contribution < -0.4 is 9.96 Å². The van der Waals surface area contributed by atoms with Gasteiger partial charge in [0.2, 0.25) is 0 Å². The number of anilines is 2. The van der Waals surface area contributed by atoms with Crippen molar-refractivity contribution < 1.29 is 9.63 Å². The average molecular weight is 921 g/mol. The molecule has 14 nitrogen and oxygen atoms in total. The Bertz CT molecular complexity index is 3450. The molecule has 0 amide bonds. The Morgan fingerprint density at radius 1 is 0.667 bits per heavy atom. The average Bonchev–Trinajstić information content (AvgIpc) is 4.12. The summed E-state index contributed by atoms with van der Waals surface area (Å²) in [4.78, 5) is 47.9. The van der Waals surface area contributed by atoms with Crippen molar-refractivity contribution in [2.45, 2.75) is 71.6 Å². The minimum absolute atomic E-state index is 0. The van der Waals surface area contributed by atoms with E-state index in [2.05, 4.69) is 97.5 Å². The first-order chi connectivity index (χ1) is 33.5. The first-order valence-corrected chi connectivity index (χ1v) is 23.3. The number of H-pyrrole nitrogens is 1. The molecule has 11 rings (SSSR count). The van der Waals surface area contributed by atoms with Crippen LogP contribution >= 0.6 is 0 Å². The third kappa shape index (κ3) is 9.06. The van der Waals surface area contributed by atoms with Crippen LogP contribution in [0.15, 0.2) is 146 Å². The number of benzene rings is 4. The van der Waals surface area contributed by atoms with Crippen LogP contribution in [0.4, 0.5) is 11.5 Å². The Morgan fingerprint density at radius 3 is 2.09 bits per heavy atom. The summed E-state index contributed by atoms with van der Waals surface area (Å²) in [6.07, 6.45) is 9.05. The van der Waals surface area contributed by atoms with E-state index in [9.17, 15) is 4.79 Å². The summed E-state index contributed by atoms with van der Waals surface area (Å²) in [6.45, 7) is 5.57. The van der Waals surface area contributed by atoms with Crippen molar-refractivity contribution in [3.05, 3.63) is 168 Å². The first kappa shape index (κ1) is 45.4. The summed E-state index contributed by atoms with van der Waals surface area (Å²) in [7, 11) is 0. The Morgan fingerprint density at radius 2 is 1.35 bits per heavy atom. The zero-order chi connectivity index (χ0) is 46.0. The molecule has 0 spiro atoms. The van der Waals surface area contributed by atoms with Crippen molar-refractivity contribution in [2.75, 3.05) is 9.96 Å². The van der Waals surface area contributed by atoms with Crippen LogP contribution in [0.3, 0.4) is 0 Å². The molecule has 10 aromatic rings. The topological polar surface area (TPSA) is 157 Å². The monoisotopic (exact) mass is 920 g/mol. The molecule has 0 radical (unpaired) electrons. The van der Waals surface area contributed by atoms with Crippen LogP contribution in [-0.4, -0.2) is 91.8 Å². The first-order valence-electron chi connectivity index (χ1n) is 23.3. The van der Waals surface area contributed by atoms with Crippen LogP contribution in [0.5, 0.6) is 0 Å². The molecule has 1 N–H and O–H groups in total. The molecule has 1 atom stereocenters. The number of nitrogens with zero attached hydrogens (tertiary/aromatic N) is 11. The van der Waals surface area contributed by atoms with Gasteiger partial charge in [0.1, 0.15) is 23.2 Å². The third-order valence-corrected chi connectivity index (χ3v) is 12.7. The van der Waals surface area contributed by atoms with Crippen LogP contribution in [-0.2, 0) is 24.3 Å². The molecule has 0 saturated heterocycles. The molecular weight excluding hydrogens is 872 g/mol. The van der Waals surface area contributed by atoms with Crippen molar-refractivity contribution in [1.29, 1.82) is 0 Å². The number of imidazole rings is 1. The van der Waals surface area contributed by atoms with Crippen LogP contribution in [0.1, 0.15) is 73.3 Å². The predicted molar refractivity (Wildman–Crippen MR) is 272 cm³/mol. The van der Waals surface area contributed by atoms with Crippen molar-refractivity contribution >= 4 is 80.0 Å². The summed E-state index contributed by atoms with van der Waals surface area (Å²) >= 11 is 0. The van der Waals surface area contributed by atoms with Gasteiger partial charge in [0.25, 0.3) is 0 Å². The van der Waals surface area contributed by atoms with E-state index in [0.29, 0.717) is 35.7 Å². The number of fused-ring (bicyclic) bond motifs is 4. The predicted octanol–water partition coefficient (Wildman–Crippen LogP) is 10.3. The molecule has 0 saturated carbocycles. The second kappa shape index (κ2) is 20.1. The molecule has 69 heavy (non-hydrogen) atoms. The van der Waals surface area contributed by atoms with E-state index >= 15 is 0 Å². The molecule has 0 aliphatic carbocycles. The molecule has 1 unspecified atom stereocenters. The van der Waals surface area contributed by atoms with Gasteiger partial charge >= 0.3 is 35.5 Å². The van der Waals surface area contributed by atoms with Crippen molar-refractivity contribution in [2.24, 2.45) is 0 Å². The molecule has 7 heterocycles. The molecular formula is C54H49N12NaO2. The van der Waals surface area contributed by atoms with Crippen molar-refractivity contribution in [3.63, 3.8) is 0 Å². The molecule has 0 fully saturated rings. The van der Waals surface area contributed by atoms with Gasteiger partial charge in [-0.1, -0.05) is 93.4 Å². The van der Waals surface area contributed by atoms with Crippen molar-refractivity contribution in [3.8, 4) is 33.9 Å². The van der Waals surface area contributed by atoms with E-state index < -0.39 is 5.97 Å². The normalized spacial score (nSPS) is 13.3. The third-order valence-electron chi connectivity index (χ3n) is 12.7. The fourth-order valence-corrected chi connectivity index (χ4v) is 9.29. The van der Waals surface area contributed by atoms with Gasteiger partial charge in [-0.2, -0.15) is 5.06 Å². The van der Waals surface area contributed by atoms with Gasteiger partial charge < -0.3 is 14.3 Å². The Balaban J connectivity index is 0.00000553. The number of unbranched alkanes of at least 4 members (excludes halogenated alkanes) is 2. The molecule has 4 aromatic carbocycles. The summed E-state index contributed by atoms with van der Waals surface area (Å²) in [6, 6.07) is 44.2. The summed E-state index contributed by atoms with van der Waals surface area (Å²) in [5.74, 6) is 1.92. The van der Waals surface area contributed by atoms with Crippen molar-refractivity contribution in [1.82, 2.24) is 50.1 Å². The van der Waals surface area contributed by atoms with Gasteiger partial charge in [-0.3, -0.25) is 0 Å². The van der Waals surface area contributed by atoms with Gasteiger partial charge in [-0.05, 0) is 108 Å². The van der Waals surface area contributed by atoms with Gasteiger partial charge in [0, 0.05) is 52.8 Å². The number of rotatable bonds is 15. The number of tetrazole rings is 1. The number of carbonyl (C=O) groups excluding carboxylic acids is 1. The van der Waals surface area contributed by atoms with E-state index in [0.717, 1.165) is 117 Å². The van der Waals surface area contributed by atoms with Crippen LogP contribution in [0.25, 0.3) is 66.9 Å². The molecule has 15 heteroatoms. The van der Waals surface area contributed by atoms with Gasteiger partial charge in [-0.15, -0.1) is 5.10 Å². The number of aromatic nitrogens is 10. The summed E-state index contributed by atoms with van der Waals surface area (Å²) < 4.78 is 2.23. The number of hydroxylamine groups is 1. The number of aromatic amines is 1. The fourth-order valence-electron chi connectivity index (χ4n) is 9.29. The zero-order valence-corrected chi connectivity index (χ0v) is 37.8. The van der Waals surface area contributed by atoms with Gasteiger partial charge in [0.05, 0.1) is 34.5 Å².